The molecule has 0 aromatic heterocycles. The molecule has 1 rings (SSSR count). The van der Waals surface area contributed by atoms with E-state index < -0.39 is 5.97 Å². The van der Waals surface area contributed by atoms with Gasteiger partial charge in [0.05, 0.1) is 12.7 Å². The third-order valence-electron chi connectivity index (χ3n) is 2.58. The molecule has 0 saturated heterocycles. The van der Waals surface area contributed by atoms with Crippen molar-refractivity contribution in [2.45, 2.75) is 25.8 Å². The number of carboxylic acid groups (broad SMARTS) is 1. The van der Waals surface area contributed by atoms with Crippen LogP contribution in [-0.2, 0) is 4.79 Å². The lowest BCUT2D eigenvalue weighted by atomic mass is 10.1. The number of amides is 1. The quantitative estimate of drug-likeness (QED) is 0.841. The van der Waals surface area contributed by atoms with Crippen LogP contribution in [0.5, 0.6) is 5.75 Å². The van der Waals surface area contributed by atoms with Gasteiger partial charge in [-0.05, 0) is 31.5 Å². The molecule has 0 aliphatic heterocycles. The molecule has 2 N–H and O–H groups in total. The van der Waals surface area contributed by atoms with Gasteiger partial charge in [0.15, 0.2) is 0 Å². The van der Waals surface area contributed by atoms with Gasteiger partial charge >= 0.3 is 5.97 Å². The lowest BCUT2D eigenvalue weighted by Crippen LogP contribution is -2.33. The first-order valence-corrected chi connectivity index (χ1v) is 6.18. The number of benzene rings is 1. The Bertz CT molecular complexity index is 476. The van der Waals surface area contributed by atoms with Crippen molar-refractivity contribution in [3.05, 3.63) is 28.8 Å². The minimum Gasteiger partial charge on any atom is -0.496 e. The molecule has 5 nitrogen and oxygen atoms in total. The standard InChI is InChI=1S/C13H16ClNO4/c1-8(3-6-12(16)17)15-13(18)10-5-4-9(14)7-11(10)19-2/h4-5,7-8H,3,6H2,1-2H3,(H,15,18)(H,16,17). The summed E-state index contributed by atoms with van der Waals surface area (Å²) in [6.07, 6.45) is 0.385. The first kappa shape index (κ1) is 15.3. The number of nitrogens with one attached hydrogen (secondary N) is 1. The van der Waals surface area contributed by atoms with Crippen molar-refractivity contribution in [2.75, 3.05) is 7.11 Å². The highest BCUT2D eigenvalue weighted by Crippen LogP contribution is 2.23. The number of ether oxygens (including phenoxy) is 1. The molecule has 0 saturated carbocycles. The monoisotopic (exact) mass is 285 g/mol. The molecule has 1 aromatic carbocycles. The fraction of sp³-hybridized carbons (Fsp3) is 0.385. The molecule has 0 heterocycles. The first-order chi connectivity index (χ1) is 8.93. The number of hydrogen-bond donors (Lipinski definition) is 2. The van der Waals surface area contributed by atoms with E-state index in [1.165, 1.54) is 7.11 Å². The zero-order valence-corrected chi connectivity index (χ0v) is 11.5. The Morgan fingerprint density at radius 3 is 2.74 bits per heavy atom. The second-order valence-corrected chi connectivity index (χ2v) is 4.59. The van der Waals surface area contributed by atoms with Crippen LogP contribution in [0.3, 0.4) is 0 Å². The molecular formula is C13H16ClNO4. The smallest absolute Gasteiger partial charge is 0.303 e. The van der Waals surface area contributed by atoms with Crippen LogP contribution in [0.15, 0.2) is 18.2 Å². The van der Waals surface area contributed by atoms with E-state index >= 15 is 0 Å². The molecule has 0 radical (unpaired) electrons. The van der Waals surface area contributed by atoms with Gasteiger partial charge in [-0.25, -0.2) is 0 Å². The van der Waals surface area contributed by atoms with E-state index in [0.717, 1.165) is 0 Å². The Morgan fingerprint density at radius 1 is 1.47 bits per heavy atom. The number of halogens is 1. The minimum absolute atomic E-state index is 0.0131. The van der Waals surface area contributed by atoms with Crippen molar-refractivity contribution < 1.29 is 19.4 Å². The maximum Gasteiger partial charge on any atom is 0.303 e. The maximum absolute atomic E-state index is 12.0. The molecule has 0 bridgehead atoms. The van der Waals surface area contributed by atoms with Gasteiger partial charge in [0.1, 0.15) is 5.75 Å². The highest BCUT2D eigenvalue weighted by molar-refractivity contribution is 6.30. The molecule has 0 spiro atoms. The van der Waals surface area contributed by atoms with Gasteiger partial charge < -0.3 is 15.2 Å². The summed E-state index contributed by atoms with van der Waals surface area (Å²) in [7, 11) is 1.45. The Kier molecular flexibility index (Phi) is 5.63. The second kappa shape index (κ2) is 6.99. The van der Waals surface area contributed by atoms with Crippen molar-refractivity contribution in [3.8, 4) is 5.75 Å². The van der Waals surface area contributed by atoms with E-state index in [1.807, 2.05) is 0 Å². The highest BCUT2D eigenvalue weighted by Gasteiger charge is 2.15. The van der Waals surface area contributed by atoms with Gasteiger partial charge in [0, 0.05) is 17.5 Å². The number of carbonyl (C=O) groups is 2. The zero-order valence-electron chi connectivity index (χ0n) is 10.8. The van der Waals surface area contributed by atoms with Crippen molar-refractivity contribution in [1.82, 2.24) is 5.32 Å². The van der Waals surface area contributed by atoms with Gasteiger partial charge in [0.25, 0.3) is 5.91 Å². The second-order valence-electron chi connectivity index (χ2n) is 4.15. The number of carbonyl (C=O) groups excluding carboxylic acids is 1. The van der Waals surface area contributed by atoms with E-state index in [-0.39, 0.29) is 18.4 Å². The van der Waals surface area contributed by atoms with E-state index in [4.69, 9.17) is 21.4 Å². The predicted octanol–water partition coefficient (Wildman–Crippen LogP) is 2.33. The van der Waals surface area contributed by atoms with E-state index in [9.17, 15) is 9.59 Å². The molecule has 0 fully saturated rings. The SMILES string of the molecule is COc1cc(Cl)ccc1C(=O)NC(C)CCC(=O)O. The fourth-order valence-corrected chi connectivity index (χ4v) is 1.73. The van der Waals surface area contributed by atoms with Crippen LogP contribution in [0.2, 0.25) is 5.02 Å². The third-order valence-corrected chi connectivity index (χ3v) is 2.81. The Morgan fingerprint density at radius 2 is 2.16 bits per heavy atom. The molecule has 19 heavy (non-hydrogen) atoms. The van der Waals surface area contributed by atoms with Crippen LogP contribution in [-0.4, -0.2) is 30.1 Å². The Balaban J connectivity index is 2.70. The maximum atomic E-state index is 12.0. The topological polar surface area (TPSA) is 75.6 Å². The van der Waals surface area contributed by atoms with E-state index in [2.05, 4.69) is 5.32 Å². The van der Waals surface area contributed by atoms with Crippen LogP contribution in [0.1, 0.15) is 30.1 Å². The number of aliphatic carboxylic acids is 1. The summed E-state index contributed by atoms with van der Waals surface area (Å²) in [5, 5.41) is 11.8. The first-order valence-electron chi connectivity index (χ1n) is 5.80. The molecule has 0 aliphatic rings. The molecule has 104 valence electrons. The third kappa shape index (κ3) is 4.79. The van der Waals surface area contributed by atoms with Gasteiger partial charge in [-0.3, -0.25) is 9.59 Å². The molecule has 1 amide bonds. The summed E-state index contributed by atoms with van der Waals surface area (Å²) in [6.45, 7) is 1.75. The largest absolute Gasteiger partial charge is 0.496 e. The summed E-state index contributed by atoms with van der Waals surface area (Å²) in [5.41, 5.74) is 0.370. The summed E-state index contributed by atoms with van der Waals surface area (Å²) < 4.78 is 5.09. The molecular weight excluding hydrogens is 270 g/mol. The van der Waals surface area contributed by atoms with Gasteiger partial charge in [-0.1, -0.05) is 11.6 Å². The lowest BCUT2D eigenvalue weighted by Gasteiger charge is -2.14. The molecule has 6 heteroatoms. The number of carboxylic acids is 1. The predicted molar refractivity (Wildman–Crippen MR) is 71.8 cm³/mol. The van der Waals surface area contributed by atoms with E-state index in [0.29, 0.717) is 22.8 Å². The van der Waals surface area contributed by atoms with Crippen LogP contribution < -0.4 is 10.1 Å². The average molecular weight is 286 g/mol. The van der Waals surface area contributed by atoms with Gasteiger partial charge in [0.2, 0.25) is 0 Å². The number of rotatable bonds is 6. The van der Waals surface area contributed by atoms with E-state index in [1.54, 1.807) is 25.1 Å². The Labute approximate surface area is 116 Å². The minimum atomic E-state index is -0.884. The van der Waals surface area contributed by atoms with Crippen molar-refractivity contribution in [3.63, 3.8) is 0 Å². The van der Waals surface area contributed by atoms with Crippen LogP contribution >= 0.6 is 11.6 Å². The van der Waals surface area contributed by atoms with Gasteiger partial charge in [-0.15, -0.1) is 0 Å². The fourth-order valence-electron chi connectivity index (χ4n) is 1.57. The lowest BCUT2D eigenvalue weighted by molar-refractivity contribution is -0.137. The van der Waals surface area contributed by atoms with Crippen LogP contribution in [0.25, 0.3) is 0 Å². The van der Waals surface area contributed by atoms with Crippen LogP contribution in [0.4, 0.5) is 0 Å². The van der Waals surface area contributed by atoms with Crippen molar-refractivity contribution >= 4 is 23.5 Å². The molecule has 1 aromatic rings. The molecule has 0 aliphatic carbocycles. The van der Waals surface area contributed by atoms with Crippen molar-refractivity contribution in [2.24, 2.45) is 0 Å². The normalized spacial score (nSPS) is 11.7. The Hall–Kier alpha value is -1.75. The highest BCUT2D eigenvalue weighted by atomic mass is 35.5. The summed E-state index contributed by atoms with van der Waals surface area (Å²) >= 11 is 5.81. The summed E-state index contributed by atoms with van der Waals surface area (Å²) in [6, 6.07) is 4.49. The molecule has 1 unspecified atom stereocenters. The van der Waals surface area contributed by atoms with Crippen LogP contribution in [0, 0.1) is 0 Å². The number of hydrogen-bond acceptors (Lipinski definition) is 3. The number of methoxy groups -OCH3 is 1. The summed E-state index contributed by atoms with van der Waals surface area (Å²) in [5.74, 6) is -0.813. The van der Waals surface area contributed by atoms with Crippen molar-refractivity contribution in [1.29, 1.82) is 0 Å². The average Bonchev–Trinajstić information content (AvgIpc) is 2.35. The summed E-state index contributed by atoms with van der Waals surface area (Å²) in [4.78, 5) is 22.5. The van der Waals surface area contributed by atoms with Gasteiger partial charge in [-0.2, -0.15) is 0 Å². The zero-order chi connectivity index (χ0) is 14.4. The molecule has 1 atom stereocenters.